The third-order valence-corrected chi connectivity index (χ3v) is 2.77. The number of hydrogen-bond donors (Lipinski definition) is 2. The average Bonchev–Trinajstić information content (AvgIpc) is 2.78. The zero-order chi connectivity index (χ0) is 32.6. The Hall–Kier alpha value is -1.84. The minimum absolute atomic E-state index is 0.338. The molecule has 1 saturated carbocycles. The molecule has 1 aliphatic rings. The van der Waals surface area contributed by atoms with Gasteiger partial charge in [0.05, 0.1) is 0 Å². The first-order valence-corrected chi connectivity index (χ1v) is 6.52. The maximum atomic E-state index is 13.5. The third-order valence-electron chi connectivity index (χ3n) is 2.77. The minimum Gasteiger partial charge on any atom is -0.480 e. The number of hydrogen-bond acceptors (Lipinski definition) is 2. The van der Waals surface area contributed by atoms with Crippen LogP contribution in [-0.2, 0) is 16.0 Å². The second-order valence-electron chi connectivity index (χ2n) is 4.48. The minimum atomic E-state index is -4.43. The van der Waals surface area contributed by atoms with Crippen LogP contribution in [0.4, 0.5) is 0 Å². The summed E-state index contributed by atoms with van der Waals surface area (Å²) in [4.78, 5) is 25.5. The largest absolute Gasteiger partial charge is 0.480 e. The molecule has 0 aliphatic heterocycles. The van der Waals surface area contributed by atoms with Crippen molar-refractivity contribution in [1.82, 2.24) is 5.32 Å². The van der Waals surface area contributed by atoms with Gasteiger partial charge in [-0.2, -0.15) is 0 Å². The van der Waals surface area contributed by atoms with E-state index in [-0.39, 0.29) is 5.56 Å². The number of amides is 1. The Morgan fingerprint density at radius 3 is 2.57 bits per heavy atom. The van der Waals surface area contributed by atoms with Crippen LogP contribution in [0.3, 0.4) is 0 Å². The van der Waals surface area contributed by atoms with Crippen LogP contribution in [0.2, 0.25) is 0 Å². The van der Waals surface area contributed by atoms with Crippen LogP contribution < -0.4 is 5.32 Å². The predicted octanol–water partition coefficient (Wildman–Crippen LogP) is 3.26. The quantitative estimate of drug-likeness (QED) is 0.838. The van der Waals surface area contributed by atoms with Gasteiger partial charge in [-0.3, -0.25) is 4.79 Å². The first-order valence-electron chi connectivity index (χ1n) is 15.5. The van der Waals surface area contributed by atoms with Gasteiger partial charge in [-0.1, -0.05) is 44.0 Å². The van der Waals surface area contributed by atoms with E-state index in [1.54, 1.807) is 0 Å². The van der Waals surface area contributed by atoms with E-state index in [0.29, 0.717) is 0 Å². The molecular formula is C19H27NO3. The summed E-state index contributed by atoms with van der Waals surface area (Å²) in [5, 5.41) is 11.2. The number of carbonyl (C=O) groups excluding carboxylic acids is 1. The van der Waals surface area contributed by atoms with Gasteiger partial charge in [-0.25, -0.2) is 4.79 Å². The Morgan fingerprint density at radius 1 is 1.35 bits per heavy atom. The highest BCUT2D eigenvalue weighted by Crippen LogP contribution is 2.33. The van der Waals surface area contributed by atoms with Crippen molar-refractivity contribution in [3.63, 3.8) is 0 Å². The lowest BCUT2D eigenvalue weighted by atomic mass is 9.76. The van der Waals surface area contributed by atoms with E-state index in [4.69, 9.17) is 24.7 Å². The first-order chi connectivity index (χ1) is 17.9. The zero-order valence-corrected chi connectivity index (χ0v) is 11.8. The topological polar surface area (TPSA) is 66.4 Å². The monoisotopic (exact) mass is 335 g/mol. The molecule has 23 heavy (non-hydrogen) atoms. The van der Waals surface area contributed by atoms with Crippen LogP contribution in [0.5, 0.6) is 0 Å². The fraction of sp³-hybridized carbons (Fsp3) is 0.579. The van der Waals surface area contributed by atoms with Crippen molar-refractivity contribution in [1.29, 1.82) is 0 Å². The molecule has 0 spiro atoms. The maximum absolute atomic E-state index is 13.5. The molecule has 0 aromatic heterocycles. The number of rotatable bonds is 6. The van der Waals surface area contributed by atoms with Gasteiger partial charge < -0.3 is 10.4 Å². The standard InChI is InChI=1S/C19H27NO3/c1-13(2)15-8-10-16(11-9-15)18(21)20-17(19(22)23)12-14-6-4-3-5-7-14/h3-7,13,15-17H,8-12H2,1-2H3,(H,20,21)(H,22,23)/t15-,16-,17-/m1/s1/i1D3,2D3,8D2,9D2,10D2,11D2,12D2,15D,16D. The van der Waals surface area contributed by atoms with E-state index in [9.17, 15) is 14.7 Å². The van der Waals surface area contributed by atoms with Gasteiger partial charge in [-0.05, 0) is 42.9 Å². The SMILES string of the molecule is [2H]C([2H])([2H])C(C([2H])([2H])[2H])[C@]1([2H])C([2H])([2H])C([2H])([2H])[C@@]([2H])(C(=O)N[C@@H](C(=O)O)C([2H])([2H])c2ccccc2)C([2H])([2H])C1([2H])[2H]. The van der Waals surface area contributed by atoms with Crippen LogP contribution in [0.15, 0.2) is 30.3 Å². The summed E-state index contributed by atoms with van der Waals surface area (Å²) in [7, 11) is 0. The molecular weight excluding hydrogens is 290 g/mol. The van der Waals surface area contributed by atoms with Gasteiger partial charge in [0.1, 0.15) is 6.04 Å². The summed E-state index contributed by atoms with van der Waals surface area (Å²) in [5.74, 6) is -16.6. The number of carboxylic acid groups (broad SMARTS) is 1. The molecule has 1 aliphatic carbocycles. The number of aliphatic carboxylic acids is 1. The molecule has 1 atom stereocenters. The number of nitrogens with one attached hydrogen (secondary N) is 1. The van der Waals surface area contributed by atoms with Crippen molar-refractivity contribution in [2.45, 2.75) is 51.6 Å². The van der Waals surface area contributed by atoms with Crippen molar-refractivity contribution in [2.75, 3.05) is 0 Å². The molecule has 0 bridgehead atoms. The molecule has 2 rings (SSSR count). The molecule has 0 radical (unpaired) electrons. The van der Waals surface area contributed by atoms with Crippen molar-refractivity contribution in [2.24, 2.45) is 17.7 Å². The number of benzene rings is 1. The summed E-state index contributed by atoms with van der Waals surface area (Å²) in [6.45, 7) is -7.82. The predicted molar refractivity (Wildman–Crippen MR) is 90.0 cm³/mol. The van der Waals surface area contributed by atoms with E-state index >= 15 is 0 Å². The molecule has 0 saturated heterocycles. The van der Waals surface area contributed by atoms with Crippen molar-refractivity contribution < 1.29 is 39.4 Å². The van der Waals surface area contributed by atoms with Crippen molar-refractivity contribution in [3.8, 4) is 0 Å². The normalized spacial score (nSPS) is 51.0. The third kappa shape index (κ3) is 5.08. The molecule has 1 fully saturated rings. The Kier molecular flexibility index (Phi) is 1.89. The molecule has 2 N–H and O–H groups in total. The van der Waals surface area contributed by atoms with E-state index in [0.717, 1.165) is 12.1 Å². The summed E-state index contributed by atoms with van der Waals surface area (Å²) < 4.78 is 147. The Balaban J connectivity index is 2.87. The van der Waals surface area contributed by atoms with Gasteiger partial charge >= 0.3 is 5.97 Å². The average molecular weight is 336 g/mol. The molecule has 1 aromatic rings. The van der Waals surface area contributed by atoms with Gasteiger partial charge in [0, 0.05) is 36.9 Å². The summed E-state index contributed by atoms with van der Waals surface area (Å²) >= 11 is 0. The van der Waals surface area contributed by atoms with E-state index in [1.807, 2.05) is 0 Å². The van der Waals surface area contributed by atoms with Crippen LogP contribution >= 0.6 is 0 Å². The maximum Gasteiger partial charge on any atom is 0.326 e. The van der Waals surface area contributed by atoms with E-state index in [1.165, 1.54) is 23.5 Å². The Labute approximate surface area is 163 Å². The highest BCUT2D eigenvalue weighted by Gasteiger charge is 2.30. The van der Waals surface area contributed by atoms with E-state index < -0.39 is 81.2 Å². The first kappa shape index (κ1) is 5.33. The smallest absolute Gasteiger partial charge is 0.326 e. The highest BCUT2D eigenvalue weighted by molar-refractivity contribution is 5.85. The molecule has 0 unspecified atom stereocenters. The van der Waals surface area contributed by atoms with E-state index in [2.05, 4.69) is 0 Å². The van der Waals surface area contributed by atoms with Gasteiger partial charge in [0.15, 0.2) is 0 Å². The van der Waals surface area contributed by atoms with Gasteiger partial charge in [0.2, 0.25) is 5.91 Å². The van der Waals surface area contributed by atoms with Crippen LogP contribution in [-0.4, -0.2) is 23.0 Å². The second kappa shape index (κ2) is 8.14. The van der Waals surface area contributed by atoms with Crippen LogP contribution in [0, 0.1) is 17.7 Å². The highest BCUT2D eigenvalue weighted by atomic mass is 16.4. The van der Waals surface area contributed by atoms with Crippen molar-refractivity contribution >= 4 is 11.9 Å². The molecule has 126 valence electrons. The van der Waals surface area contributed by atoms with Crippen LogP contribution in [0.25, 0.3) is 0 Å². The van der Waals surface area contributed by atoms with Crippen LogP contribution in [0.1, 0.15) is 69.4 Å². The van der Waals surface area contributed by atoms with Crippen molar-refractivity contribution in [3.05, 3.63) is 35.9 Å². The second-order valence-corrected chi connectivity index (χ2v) is 4.48. The molecule has 0 heterocycles. The molecule has 1 aromatic carbocycles. The number of carbonyl (C=O) groups is 2. The fourth-order valence-corrected chi connectivity index (χ4v) is 1.64. The Bertz CT molecular complexity index is 1130. The summed E-state index contributed by atoms with van der Waals surface area (Å²) in [6, 6.07) is 3.62. The Morgan fingerprint density at radius 2 is 2.00 bits per heavy atom. The molecule has 4 nitrogen and oxygen atoms in total. The lowest BCUT2D eigenvalue weighted by molar-refractivity contribution is -0.142. The van der Waals surface area contributed by atoms with Gasteiger partial charge in [-0.15, -0.1) is 0 Å². The molecule has 1 amide bonds. The lowest BCUT2D eigenvalue weighted by Gasteiger charge is -2.30. The summed E-state index contributed by atoms with van der Waals surface area (Å²) in [6.07, 6.45) is -20.7. The molecule has 4 heteroatoms. The lowest BCUT2D eigenvalue weighted by Crippen LogP contribution is -2.45. The summed E-state index contributed by atoms with van der Waals surface area (Å²) in [5.41, 5.74) is -0.338. The van der Waals surface area contributed by atoms with Gasteiger partial charge in [0.25, 0.3) is 0 Å². The fourth-order valence-electron chi connectivity index (χ4n) is 1.64. The zero-order valence-electron chi connectivity index (χ0n) is 29.8. The number of carboxylic acids is 1.